The fourth-order valence-electron chi connectivity index (χ4n) is 0. The van der Waals surface area contributed by atoms with Gasteiger partial charge in [-0.25, -0.2) is 13.6 Å². The van der Waals surface area contributed by atoms with E-state index in [9.17, 15) is 0 Å². The Hall–Kier alpha value is -0.130. The monoisotopic (exact) mass is 124 g/mol. The molecular weight excluding hydrogens is 116 g/mol. The van der Waals surface area contributed by atoms with Crippen molar-refractivity contribution in [2.24, 2.45) is 5.14 Å². The summed E-state index contributed by atoms with van der Waals surface area (Å²) in [6, 6.07) is 0. The van der Waals surface area contributed by atoms with Gasteiger partial charge in [-0.3, -0.25) is 0 Å². The predicted molar refractivity (Wildman–Crippen MR) is 27.4 cm³/mol. The highest BCUT2D eigenvalue weighted by molar-refractivity contribution is 7.69. The molecule has 1 rings (SSSR count). The molecule has 1 fully saturated rings. The molecule has 0 aliphatic carbocycles. The number of hydrogen-bond acceptors (Lipinski definition) is 3. The summed E-state index contributed by atoms with van der Waals surface area (Å²) in [5.41, 5.74) is 0. The number of nitrogens with one attached hydrogen (secondary N) is 1. The summed E-state index contributed by atoms with van der Waals surface area (Å²) < 4.78 is 17.6. The van der Waals surface area contributed by atoms with E-state index in [1.54, 1.807) is 0 Å². The summed E-state index contributed by atoms with van der Waals surface area (Å²) in [7, 11) is -2.62. The average Bonchev–Trinajstić information content (AvgIpc) is 2.02. The second-order valence-electron chi connectivity index (χ2n) is 1.04. The first-order valence-electron chi connectivity index (χ1n) is 1.83. The third-order valence-electron chi connectivity index (χ3n) is 0.250. The molecule has 1 aliphatic heterocycles. The molecule has 0 atom stereocenters. The first-order valence-corrected chi connectivity index (χ1v) is 3.08. The second-order valence-corrected chi connectivity index (χ2v) is 1.61. The lowest BCUT2D eigenvalue weighted by atomic mass is 11.0. The average molecular weight is 124 g/mol. The van der Waals surface area contributed by atoms with Crippen molar-refractivity contribution in [3.05, 3.63) is 0 Å². The van der Waals surface area contributed by atoms with Crippen molar-refractivity contribution < 1.29 is 8.42 Å². The van der Waals surface area contributed by atoms with Crippen LogP contribution in [-0.4, -0.2) is 21.5 Å². The summed E-state index contributed by atoms with van der Waals surface area (Å²) in [5, 5.41) is 7.06. The van der Waals surface area contributed by atoms with Gasteiger partial charge in [-0.2, -0.15) is 0 Å². The van der Waals surface area contributed by atoms with Crippen LogP contribution in [0.5, 0.6) is 0 Å². The summed E-state index contributed by atoms with van der Waals surface area (Å²) in [6.07, 6.45) is 0. The van der Waals surface area contributed by atoms with Crippen molar-refractivity contribution >= 4 is 10.9 Å². The van der Waals surface area contributed by atoms with E-state index in [0.29, 0.717) is 0 Å². The molecule has 7 heavy (non-hydrogen) atoms. The molecule has 0 spiro atoms. The molecule has 1 heterocycles. The highest BCUT2D eigenvalue weighted by Gasteiger charge is 1.91. The van der Waals surface area contributed by atoms with Gasteiger partial charge in [-0.1, -0.05) is 0 Å². The van der Waals surface area contributed by atoms with E-state index >= 15 is 0 Å². The van der Waals surface area contributed by atoms with E-state index < -0.39 is 10.9 Å². The molecule has 0 aromatic rings. The van der Waals surface area contributed by atoms with Gasteiger partial charge in [0.2, 0.25) is 0 Å². The van der Waals surface area contributed by atoms with Crippen LogP contribution in [0.1, 0.15) is 0 Å². The number of rotatable bonds is 0. The SMILES string of the molecule is C1CN1.N[SH](=O)=O. The van der Waals surface area contributed by atoms with Gasteiger partial charge in [-0.15, -0.1) is 0 Å². The molecule has 0 saturated carbocycles. The Morgan fingerprint density at radius 2 is 1.57 bits per heavy atom. The van der Waals surface area contributed by atoms with Crippen LogP contribution < -0.4 is 10.5 Å². The van der Waals surface area contributed by atoms with Gasteiger partial charge >= 0.3 is 0 Å². The Bertz CT molecular complexity index is 87.1. The van der Waals surface area contributed by atoms with Crippen LogP contribution >= 0.6 is 0 Å². The lowest BCUT2D eigenvalue weighted by molar-refractivity contribution is 0.616. The molecule has 5 heteroatoms. The summed E-state index contributed by atoms with van der Waals surface area (Å²) >= 11 is 0. The van der Waals surface area contributed by atoms with Crippen molar-refractivity contribution in [2.45, 2.75) is 0 Å². The smallest absolute Gasteiger partial charge is 0.198 e. The Balaban J connectivity index is 0.000000105. The van der Waals surface area contributed by atoms with Gasteiger partial charge in [0, 0.05) is 13.1 Å². The van der Waals surface area contributed by atoms with E-state index in [2.05, 4.69) is 10.5 Å². The fraction of sp³-hybridized carbons (Fsp3) is 1.00. The largest absolute Gasteiger partial charge is 0.314 e. The quantitative estimate of drug-likeness (QED) is 0.259. The molecule has 0 aromatic heterocycles. The molecule has 0 unspecified atom stereocenters. The van der Waals surface area contributed by atoms with Crippen LogP contribution in [0.25, 0.3) is 0 Å². The van der Waals surface area contributed by atoms with Crippen LogP contribution in [0.4, 0.5) is 0 Å². The molecule has 0 aromatic carbocycles. The van der Waals surface area contributed by atoms with E-state index in [0.717, 1.165) is 0 Å². The van der Waals surface area contributed by atoms with Crippen molar-refractivity contribution in [3.63, 3.8) is 0 Å². The molecule has 0 bridgehead atoms. The molecule has 1 aliphatic rings. The Morgan fingerprint density at radius 3 is 1.57 bits per heavy atom. The molecule has 4 nitrogen and oxygen atoms in total. The molecule has 3 N–H and O–H groups in total. The third-order valence-corrected chi connectivity index (χ3v) is 0.250. The Labute approximate surface area is 43.8 Å². The minimum atomic E-state index is -2.62. The van der Waals surface area contributed by atoms with E-state index in [-0.39, 0.29) is 0 Å². The van der Waals surface area contributed by atoms with Crippen LogP contribution in [0.3, 0.4) is 0 Å². The van der Waals surface area contributed by atoms with E-state index in [4.69, 9.17) is 8.42 Å². The van der Waals surface area contributed by atoms with Crippen molar-refractivity contribution in [3.8, 4) is 0 Å². The third kappa shape index (κ3) is 116. The van der Waals surface area contributed by atoms with Crippen LogP contribution in [0.2, 0.25) is 0 Å². The molecule has 1 saturated heterocycles. The normalized spacial score (nSPS) is 15.1. The molecular formula is C2H8N2O2S. The van der Waals surface area contributed by atoms with Gasteiger partial charge in [0.15, 0.2) is 10.9 Å². The maximum atomic E-state index is 8.81. The zero-order valence-corrected chi connectivity index (χ0v) is 4.65. The summed E-state index contributed by atoms with van der Waals surface area (Å²) in [4.78, 5) is 0. The first kappa shape index (κ1) is 6.87. The molecule has 0 radical (unpaired) electrons. The Kier molecular flexibility index (Phi) is 3.97. The number of thiol groups is 1. The van der Waals surface area contributed by atoms with E-state index in [1.165, 1.54) is 13.1 Å². The maximum absolute atomic E-state index is 8.81. The lowest BCUT2D eigenvalue weighted by Crippen LogP contribution is -1.85. The summed E-state index contributed by atoms with van der Waals surface area (Å²) in [5.74, 6) is 0. The first-order chi connectivity index (χ1) is 3.23. The second kappa shape index (κ2) is 4.04. The fourth-order valence-corrected chi connectivity index (χ4v) is 0. The summed E-state index contributed by atoms with van der Waals surface area (Å²) in [6.45, 7) is 2.50. The topological polar surface area (TPSA) is 82.1 Å². The lowest BCUT2D eigenvalue weighted by Gasteiger charge is -1.44. The minimum Gasteiger partial charge on any atom is -0.314 e. The zero-order valence-electron chi connectivity index (χ0n) is 3.76. The standard InChI is InChI=1S/C2H5N.H3NO2S/c1-2-3-1;1-4(2)3/h3H,1-2H2;4H,(H2,1,2,3). The van der Waals surface area contributed by atoms with Gasteiger partial charge in [-0.05, 0) is 0 Å². The van der Waals surface area contributed by atoms with Gasteiger partial charge in [0.05, 0.1) is 0 Å². The molecule has 0 amide bonds. The van der Waals surface area contributed by atoms with Crippen LogP contribution in [0.15, 0.2) is 0 Å². The van der Waals surface area contributed by atoms with Crippen LogP contribution in [-0.2, 0) is 10.9 Å². The zero-order chi connectivity index (χ0) is 5.70. The Morgan fingerprint density at radius 1 is 1.43 bits per heavy atom. The van der Waals surface area contributed by atoms with Gasteiger partial charge < -0.3 is 5.32 Å². The van der Waals surface area contributed by atoms with Crippen molar-refractivity contribution in [1.82, 2.24) is 5.32 Å². The number of nitrogens with two attached hydrogens (primary N) is 1. The van der Waals surface area contributed by atoms with Crippen molar-refractivity contribution in [1.29, 1.82) is 0 Å². The highest BCUT2D eigenvalue weighted by Crippen LogP contribution is 1.65. The highest BCUT2D eigenvalue weighted by atomic mass is 32.2. The van der Waals surface area contributed by atoms with Gasteiger partial charge in [0.1, 0.15) is 0 Å². The molecule has 44 valence electrons. The van der Waals surface area contributed by atoms with E-state index in [1.807, 2.05) is 0 Å². The minimum absolute atomic E-state index is 1.25. The van der Waals surface area contributed by atoms with Gasteiger partial charge in [0.25, 0.3) is 0 Å². The number of hydrogen-bond donors (Lipinski definition) is 3. The van der Waals surface area contributed by atoms with Crippen LogP contribution in [0, 0.1) is 0 Å². The maximum Gasteiger partial charge on any atom is 0.198 e. The predicted octanol–water partition coefficient (Wildman–Crippen LogP) is -1.94. The van der Waals surface area contributed by atoms with Crippen molar-refractivity contribution in [2.75, 3.05) is 13.1 Å².